The summed E-state index contributed by atoms with van der Waals surface area (Å²) in [6, 6.07) is -0.764. The van der Waals surface area contributed by atoms with E-state index >= 15 is 0 Å². The number of Topliss-reactive ketones (excluding diaryl/α,β-unsaturated/α-hetero) is 1. The van der Waals surface area contributed by atoms with Gasteiger partial charge in [-0.1, -0.05) is 34.6 Å². The number of likely N-dealkylation sites (N-methyl/N-ethyl adjacent to an activating group) is 1. The van der Waals surface area contributed by atoms with Gasteiger partial charge in [0, 0.05) is 39.5 Å². The lowest BCUT2D eigenvalue weighted by Gasteiger charge is -2.35. The largest absolute Gasteiger partial charge is 0.347 e. The van der Waals surface area contributed by atoms with Crippen LogP contribution in [0.15, 0.2) is 0 Å². The Bertz CT molecular complexity index is 695. The first-order chi connectivity index (χ1) is 12.9. The molecule has 2 amide bonds. The van der Waals surface area contributed by atoms with Crippen molar-refractivity contribution in [2.45, 2.75) is 54.0 Å². The molecule has 0 aliphatic heterocycles. The zero-order valence-corrected chi connectivity index (χ0v) is 20.4. The Morgan fingerprint density at radius 3 is 1.79 bits per heavy atom. The van der Waals surface area contributed by atoms with Gasteiger partial charge in [0.05, 0.1) is 6.26 Å². The lowest BCUT2D eigenvalue weighted by atomic mass is 9.80. The van der Waals surface area contributed by atoms with E-state index in [0.717, 1.165) is 10.6 Å². The highest BCUT2D eigenvalue weighted by atomic mass is 32.2. The molecule has 0 fully saturated rings. The normalized spacial score (nSPS) is 15.7. The maximum absolute atomic E-state index is 13.2. The van der Waals surface area contributed by atoms with Gasteiger partial charge in [-0.25, -0.2) is 12.7 Å². The minimum Gasteiger partial charge on any atom is -0.347 e. The minimum atomic E-state index is -3.50. The Balaban J connectivity index is 5.95. The maximum Gasteiger partial charge on any atom is 0.245 e. The summed E-state index contributed by atoms with van der Waals surface area (Å²) in [4.78, 5) is 39.7. The van der Waals surface area contributed by atoms with Crippen molar-refractivity contribution in [3.05, 3.63) is 0 Å². The molecule has 0 heterocycles. The predicted octanol–water partition coefficient (Wildman–Crippen LogP) is 1.36. The number of carbonyl (C=O) groups is 3. The number of nitrogens with zero attached hydrogens (tertiary/aromatic N) is 2. The summed E-state index contributed by atoms with van der Waals surface area (Å²) in [7, 11) is 1.14. The summed E-state index contributed by atoms with van der Waals surface area (Å²) < 4.78 is 24.8. The molecule has 0 aliphatic carbocycles. The zero-order valence-electron chi connectivity index (χ0n) is 19.6. The van der Waals surface area contributed by atoms with E-state index in [2.05, 4.69) is 5.32 Å². The highest BCUT2D eigenvalue weighted by molar-refractivity contribution is 7.88. The molecule has 0 radical (unpaired) electrons. The number of carbonyl (C=O) groups excluding carboxylic acids is 3. The summed E-state index contributed by atoms with van der Waals surface area (Å²) in [5.74, 6) is -2.33. The highest BCUT2D eigenvalue weighted by Crippen LogP contribution is 2.26. The van der Waals surface area contributed by atoms with Crippen LogP contribution >= 0.6 is 0 Å². The molecule has 1 N–H and O–H groups in total. The topological polar surface area (TPSA) is 104 Å². The molecule has 0 aromatic heterocycles. The average molecular weight is 434 g/mol. The van der Waals surface area contributed by atoms with Crippen LogP contribution in [0, 0.1) is 23.2 Å². The molecule has 0 aromatic carbocycles. The standard InChI is InChI=1S/C20H39N3O5S/c1-13(2)11-15(16(14(3)24)12-23(9)29(10,27)28)18(25)21-17(20(4,5)6)19(26)22(7)8/h13,15-17H,11-12H2,1-10H3,(H,21,25)/t15-,16-,17-/m1/s1. The van der Waals surface area contributed by atoms with E-state index in [1.165, 1.54) is 18.9 Å². The second-order valence-electron chi connectivity index (χ2n) is 9.54. The summed E-state index contributed by atoms with van der Waals surface area (Å²) in [5, 5.41) is 2.84. The molecule has 29 heavy (non-hydrogen) atoms. The van der Waals surface area contributed by atoms with Crippen LogP contribution in [0.3, 0.4) is 0 Å². The molecule has 9 heteroatoms. The van der Waals surface area contributed by atoms with Gasteiger partial charge in [-0.3, -0.25) is 14.4 Å². The van der Waals surface area contributed by atoms with Crippen molar-refractivity contribution in [3.8, 4) is 0 Å². The van der Waals surface area contributed by atoms with Crippen LogP contribution in [0.25, 0.3) is 0 Å². The van der Waals surface area contributed by atoms with E-state index in [9.17, 15) is 22.8 Å². The smallest absolute Gasteiger partial charge is 0.245 e. The molecule has 0 aliphatic rings. The fourth-order valence-corrected chi connectivity index (χ4v) is 3.50. The predicted molar refractivity (Wildman–Crippen MR) is 115 cm³/mol. The zero-order chi connectivity index (χ0) is 23.3. The van der Waals surface area contributed by atoms with Gasteiger partial charge in [-0.15, -0.1) is 0 Å². The van der Waals surface area contributed by atoms with E-state index in [0.29, 0.717) is 6.42 Å². The Morgan fingerprint density at radius 2 is 1.48 bits per heavy atom. The van der Waals surface area contributed by atoms with Crippen molar-refractivity contribution in [2.75, 3.05) is 33.9 Å². The summed E-state index contributed by atoms with van der Waals surface area (Å²) in [5.41, 5.74) is -0.533. The quantitative estimate of drug-likeness (QED) is 0.560. The molecule has 0 unspecified atom stereocenters. The van der Waals surface area contributed by atoms with Crippen LogP contribution in [0.4, 0.5) is 0 Å². The van der Waals surface area contributed by atoms with Gasteiger partial charge in [0.15, 0.2) is 0 Å². The number of hydrogen-bond acceptors (Lipinski definition) is 5. The van der Waals surface area contributed by atoms with Crippen LogP contribution in [0.5, 0.6) is 0 Å². The molecule has 0 rings (SSSR count). The van der Waals surface area contributed by atoms with Crippen molar-refractivity contribution >= 4 is 27.6 Å². The van der Waals surface area contributed by atoms with Gasteiger partial charge in [-0.05, 0) is 24.7 Å². The van der Waals surface area contributed by atoms with E-state index in [-0.39, 0.29) is 24.2 Å². The number of hydrogen-bond donors (Lipinski definition) is 1. The third-order valence-corrected chi connectivity index (χ3v) is 6.21. The van der Waals surface area contributed by atoms with E-state index in [1.807, 2.05) is 34.6 Å². The number of rotatable bonds is 10. The van der Waals surface area contributed by atoms with E-state index in [1.54, 1.807) is 14.1 Å². The third-order valence-electron chi connectivity index (χ3n) is 4.93. The first kappa shape index (κ1) is 27.5. The van der Waals surface area contributed by atoms with Crippen molar-refractivity contribution in [3.63, 3.8) is 0 Å². The maximum atomic E-state index is 13.2. The number of amides is 2. The Labute approximate surface area is 176 Å². The van der Waals surface area contributed by atoms with E-state index in [4.69, 9.17) is 0 Å². The average Bonchev–Trinajstić information content (AvgIpc) is 2.51. The van der Waals surface area contributed by atoms with Gasteiger partial charge >= 0.3 is 0 Å². The fourth-order valence-electron chi connectivity index (χ4n) is 3.07. The molecule has 0 aromatic rings. The molecule has 170 valence electrons. The van der Waals surface area contributed by atoms with Crippen molar-refractivity contribution < 1.29 is 22.8 Å². The SMILES string of the molecule is CC(=O)[C@@H](CN(C)S(C)(=O)=O)[C@@H](CC(C)C)C(=O)N[C@H](C(=O)N(C)C)C(C)(C)C. The molecule has 0 saturated carbocycles. The summed E-state index contributed by atoms with van der Waals surface area (Å²) in [6.07, 6.45) is 1.47. The Hall–Kier alpha value is -1.48. The Kier molecular flexibility index (Phi) is 9.98. The molecule has 0 bridgehead atoms. The van der Waals surface area contributed by atoms with Crippen molar-refractivity contribution in [1.82, 2.24) is 14.5 Å². The monoisotopic (exact) mass is 433 g/mol. The lowest BCUT2D eigenvalue weighted by molar-refractivity contribution is -0.140. The van der Waals surface area contributed by atoms with Crippen LogP contribution in [-0.4, -0.2) is 75.2 Å². The molecule has 0 spiro atoms. The highest BCUT2D eigenvalue weighted by Gasteiger charge is 2.39. The fraction of sp³-hybridized carbons (Fsp3) is 0.850. The minimum absolute atomic E-state index is 0.0826. The second kappa shape index (κ2) is 10.5. The molecular weight excluding hydrogens is 394 g/mol. The van der Waals surface area contributed by atoms with Crippen LogP contribution < -0.4 is 5.32 Å². The number of sulfonamides is 1. The summed E-state index contributed by atoms with van der Waals surface area (Å²) in [6.45, 7) is 10.7. The van der Waals surface area contributed by atoms with E-state index < -0.39 is 39.2 Å². The van der Waals surface area contributed by atoms with Crippen molar-refractivity contribution in [2.24, 2.45) is 23.2 Å². The number of nitrogens with one attached hydrogen (secondary N) is 1. The first-order valence-corrected chi connectivity index (χ1v) is 11.7. The second-order valence-corrected chi connectivity index (χ2v) is 11.6. The van der Waals surface area contributed by atoms with Gasteiger partial charge in [0.2, 0.25) is 21.8 Å². The lowest BCUT2D eigenvalue weighted by Crippen LogP contribution is -2.56. The molecule has 8 nitrogen and oxygen atoms in total. The van der Waals surface area contributed by atoms with Gasteiger partial charge < -0.3 is 10.2 Å². The third kappa shape index (κ3) is 8.82. The Morgan fingerprint density at radius 1 is 1.00 bits per heavy atom. The summed E-state index contributed by atoms with van der Waals surface area (Å²) >= 11 is 0. The van der Waals surface area contributed by atoms with Gasteiger partial charge in [0.1, 0.15) is 11.8 Å². The number of ketones is 1. The van der Waals surface area contributed by atoms with Crippen LogP contribution in [0.2, 0.25) is 0 Å². The van der Waals surface area contributed by atoms with Crippen molar-refractivity contribution in [1.29, 1.82) is 0 Å². The van der Waals surface area contributed by atoms with Crippen LogP contribution in [0.1, 0.15) is 48.0 Å². The van der Waals surface area contributed by atoms with Crippen LogP contribution in [-0.2, 0) is 24.4 Å². The van der Waals surface area contributed by atoms with Gasteiger partial charge in [-0.2, -0.15) is 0 Å². The molecule has 3 atom stereocenters. The first-order valence-electron chi connectivity index (χ1n) is 9.82. The molecular formula is C20H39N3O5S. The van der Waals surface area contributed by atoms with Gasteiger partial charge in [0.25, 0.3) is 0 Å². The molecule has 0 saturated heterocycles.